The van der Waals surface area contributed by atoms with E-state index in [1.165, 1.54) is 11.1 Å². The Labute approximate surface area is 152 Å². The second-order valence-electron chi connectivity index (χ2n) is 7.31. The number of carbonyl (C=O) groups is 1. The van der Waals surface area contributed by atoms with E-state index >= 15 is 0 Å². The Balaban J connectivity index is 1.86. The third-order valence-electron chi connectivity index (χ3n) is 5.18. The number of amides is 1. The predicted molar refractivity (Wildman–Crippen MR) is 102 cm³/mol. The van der Waals surface area contributed by atoms with Gasteiger partial charge in [-0.05, 0) is 36.6 Å². The average Bonchev–Trinajstić information content (AvgIpc) is 3.18. The predicted octanol–water partition coefficient (Wildman–Crippen LogP) is 3.21. The summed E-state index contributed by atoms with van der Waals surface area (Å²) in [5.41, 5.74) is 6.28. The highest BCUT2D eigenvalue weighted by Crippen LogP contribution is 2.34. The number of nitrogens with zero attached hydrogens (tertiary/aromatic N) is 2. The summed E-state index contributed by atoms with van der Waals surface area (Å²) in [7, 11) is 1.98. The van der Waals surface area contributed by atoms with Crippen LogP contribution in [0.5, 0.6) is 0 Å². The number of pyridine rings is 1. The van der Waals surface area contributed by atoms with Gasteiger partial charge in [0.1, 0.15) is 5.65 Å². The van der Waals surface area contributed by atoms with E-state index in [2.05, 4.69) is 41.6 Å². The molecule has 0 bridgehead atoms. The van der Waals surface area contributed by atoms with Gasteiger partial charge in [-0.1, -0.05) is 23.8 Å². The molecule has 2 atom stereocenters. The molecule has 4 rings (SSSR count). The molecule has 5 nitrogen and oxygen atoms in total. The van der Waals surface area contributed by atoms with Crippen molar-refractivity contribution in [2.24, 2.45) is 7.05 Å². The Kier molecular flexibility index (Phi) is 4.04. The normalized spacial score (nSPS) is 18.3. The highest BCUT2D eigenvalue weighted by molar-refractivity contribution is 5.94. The van der Waals surface area contributed by atoms with Gasteiger partial charge in [0.25, 0.3) is 0 Å². The van der Waals surface area contributed by atoms with E-state index in [0.717, 1.165) is 27.7 Å². The molecule has 0 radical (unpaired) electrons. The van der Waals surface area contributed by atoms with Crippen LogP contribution in [0.25, 0.3) is 22.2 Å². The standard InChI is InChI=1S/C21H23N3O2/c1-12-4-14(17-8-20(26)22-10-17)6-15(5-12)19-11-24(3)21-18(19)7-16(9-23-21)13(2)25/h4-7,9,11,13,17,25H,8,10H2,1-3H3,(H,22,26). The van der Waals surface area contributed by atoms with Crippen molar-refractivity contribution in [1.29, 1.82) is 0 Å². The molecule has 26 heavy (non-hydrogen) atoms. The van der Waals surface area contributed by atoms with Crippen LogP contribution in [0.2, 0.25) is 0 Å². The molecule has 1 aliphatic rings. The zero-order chi connectivity index (χ0) is 18.4. The number of rotatable bonds is 3. The van der Waals surface area contributed by atoms with E-state index in [-0.39, 0.29) is 11.8 Å². The van der Waals surface area contributed by atoms with Gasteiger partial charge in [0, 0.05) is 49.3 Å². The number of fused-ring (bicyclic) bond motifs is 1. The number of aryl methyl sites for hydroxylation is 2. The van der Waals surface area contributed by atoms with Gasteiger partial charge in [-0.2, -0.15) is 0 Å². The summed E-state index contributed by atoms with van der Waals surface area (Å²) in [5, 5.41) is 13.9. The molecule has 1 fully saturated rings. The third-order valence-corrected chi connectivity index (χ3v) is 5.18. The largest absolute Gasteiger partial charge is 0.389 e. The summed E-state index contributed by atoms with van der Waals surface area (Å²) < 4.78 is 2.01. The van der Waals surface area contributed by atoms with Crippen LogP contribution in [-0.2, 0) is 11.8 Å². The van der Waals surface area contributed by atoms with Crippen LogP contribution in [0.3, 0.4) is 0 Å². The molecule has 1 saturated heterocycles. The molecule has 1 amide bonds. The number of hydrogen-bond acceptors (Lipinski definition) is 3. The number of aromatic nitrogens is 2. The van der Waals surface area contributed by atoms with Gasteiger partial charge in [-0.15, -0.1) is 0 Å². The van der Waals surface area contributed by atoms with E-state index < -0.39 is 6.10 Å². The van der Waals surface area contributed by atoms with Crippen molar-refractivity contribution in [2.75, 3.05) is 6.54 Å². The zero-order valence-corrected chi connectivity index (χ0v) is 15.3. The minimum atomic E-state index is -0.552. The first kappa shape index (κ1) is 16.8. The molecule has 3 heterocycles. The SMILES string of the molecule is Cc1cc(-c2cn(C)c3ncc(C(C)O)cc23)cc(C2CNC(=O)C2)c1. The number of nitrogens with one attached hydrogen (secondary N) is 1. The lowest BCUT2D eigenvalue weighted by Crippen LogP contribution is -2.13. The van der Waals surface area contributed by atoms with Crippen molar-refractivity contribution < 1.29 is 9.90 Å². The molecule has 2 N–H and O–H groups in total. The quantitative estimate of drug-likeness (QED) is 0.763. The molecule has 2 unspecified atom stereocenters. The van der Waals surface area contributed by atoms with E-state index in [1.807, 2.05) is 17.7 Å². The van der Waals surface area contributed by atoms with Crippen LogP contribution in [0.15, 0.2) is 36.7 Å². The molecule has 134 valence electrons. The van der Waals surface area contributed by atoms with E-state index in [4.69, 9.17) is 0 Å². The number of benzene rings is 1. The van der Waals surface area contributed by atoms with Gasteiger partial charge in [0.15, 0.2) is 0 Å². The fourth-order valence-electron chi connectivity index (χ4n) is 3.78. The van der Waals surface area contributed by atoms with E-state index in [0.29, 0.717) is 13.0 Å². The van der Waals surface area contributed by atoms with Gasteiger partial charge in [0.2, 0.25) is 5.91 Å². The molecule has 0 saturated carbocycles. The van der Waals surface area contributed by atoms with Gasteiger partial charge >= 0.3 is 0 Å². The first-order valence-electron chi connectivity index (χ1n) is 8.94. The van der Waals surface area contributed by atoms with Crippen molar-refractivity contribution >= 4 is 16.9 Å². The first-order valence-corrected chi connectivity index (χ1v) is 8.94. The van der Waals surface area contributed by atoms with Crippen LogP contribution in [0.4, 0.5) is 0 Å². The molecule has 2 aromatic heterocycles. The van der Waals surface area contributed by atoms with Crippen molar-refractivity contribution in [3.8, 4) is 11.1 Å². The second kappa shape index (κ2) is 6.25. The molecule has 5 heteroatoms. The van der Waals surface area contributed by atoms with Crippen molar-refractivity contribution in [3.05, 3.63) is 53.3 Å². The third kappa shape index (κ3) is 2.88. The van der Waals surface area contributed by atoms with Crippen LogP contribution < -0.4 is 5.32 Å². The Morgan fingerprint density at radius 1 is 1.31 bits per heavy atom. The molecule has 1 aliphatic heterocycles. The molecular formula is C21H23N3O2. The maximum Gasteiger partial charge on any atom is 0.220 e. The van der Waals surface area contributed by atoms with Crippen molar-refractivity contribution in [1.82, 2.24) is 14.9 Å². The fourth-order valence-corrected chi connectivity index (χ4v) is 3.78. The van der Waals surface area contributed by atoms with E-state index in [1.54, 1.807) is 13.1 Å². The minimum absolute atomic E-state index is 0.119. The lowest BCUT2D eigenvalue weighted by Gasteiger charge is -2.12. The first-order chi connectivity index (χ1) is 12.4. The molecule has 0 spiro atoms. The zero-order valence-electron chi connectivity index (χ0n) is 15.3. The second-order valence-corrected chi connectivity index (χ2v) is 7.31. The highest BCUT2D eigenvalue weighted by atomic mass is 16.3. The van der Waals surface area contributed by atoms with Gasteiger partial charge < -0.3 is 15.0 Å². The smallest absolute Gasteiger partial charge is 0.220 e. The average molecular weight is 349 g/mol. The maximum atomic E-state index is 11.6. The van der Waals surface area contributed by atoms with Crippen LogP contribution in [-0.4, -0.2) is 27.1 Å². The summed E-state index contributed by atoms with van der Waals surface area (Å²) in [4.78, 5) is 16.1. The highest BCUT2D eigenvalue weighted by Gasteiger charge is 2.24. The van der Waals surface area contributed by atoms with Crippen LogP contribution >= 0.6 is 0 Å². The maximum absolute atomic E-state index is 11.6. The summed E-state index contributed by atoms with van der Waals surface area (Å²) in [5.74, 6) is 0.344. The summed E-state index contributed by atoms with van der Waals surface area (Å²) in [6, 6.07) is 8.53. The Morgan fingerprint density at radius 2 is 2.12 bits per heavy atom. The Morgan fingerprint density at radius 3 is 2.81 bits per heavy atom. The monoisotopic (exact) mass is 349 g/mol. The molecule has 3 aromatic rings. The fraction of sp³-hybridized carbons (Fsp3) is 0.333. The summed E-state index contributed by atoms with van der Waals surface area (Å²) in [6.45, 7) is 4.53. The van der Waals surface area contributed by atoms with Gasteiger partial charge in [0.05, 0.1) is 6.10 Å². The van der Waals surface area contributed by atoms with Crippen molar-refractivity contribution in [2.45, 2.75) is 32.3 Å². The number of aliphatic hydroxyl groups excluding tert-OH is 1. The van der Waals surface area contributed by atoms with Gasteiger partial charge in [-0.3, -0.25) is 4.79 Å². The van der Waals surface area contributed by atoms with E-state index in [9.17, 15) is 9.90 Å². The number of carbonyl (C=O) groups excluding carboxylic acids is 1. The van der Waals surface area contributed by atoms with Crippen LogP contribution in [0, 0.1) is 6.92 Å². The number of aliphatic hydroxyl groups is 1. The summed E-state index contributed by atoms with van der Waals surface area (Å²) in [6.07, 6.45) is 3.81. The minimum Gasteiger partial charge on any atom is -0.389 e. The molecular weight excluding hydrogens is 326 g/mol. The Bertz CT molecular complexity index is 1000. The summed E-state index contributed by atoms with van der Waals surface area (Å²) >= 11 is 0. The molecule has 1 aromatic carbocycles. The number of hydrogen-bond donors (Lipinski definition) is 2. The topological polar surface area (TPSA) is 67.2 Å². The molecule has 0 aliphatic carbocycles. The van der Waals surface area contributed by atoms with Crippen LogP contribution in [0.1, 0.15) is 42.1 Å². The lowest BCUT2D eigenvalue weighted by atomic mass is 9.92. The van der Waals surface area contributed by atoms with Crippen molar-refractivity contribution in [3.63, 3.8) is 0 Å². The Hall–Kier alpha value is -2.66. The van der Waals surface area contributed by atoms with Gasteiger partial charge in [-0.25, -0.2) is 4.98 Å². The lowest BCUT2D eigenvalue weighted by molar-refractivity contribution is -0.119.